The van der Waals surface area contributed by atoms with Gasteiger partial charge >= 0.3 is 6.18 Å². The van der Waals surface area contributed by atoms with Crippen molar-refractivity contribution in [2.24, 2.45) is 0 Å². The van der Waals surface area contributed by atoms with Crippen molar-refractivity contribution in [1.82, 2.24) is 19.8 Å². The van der Waals surface area contributed by atoms with Crippen molar-refractivity contribution in [2.75, 3.05) is 26.2 Å². The second-order valence-corrected chi connectivity index (χ2v) is 6.17. The van der Waals surface area contributed by atoms with Crippen LogP contribution in [0.25, 0.3) is 11.0 Å². The minimum absolute atomic E-state index is 0.00227. The largest absolute Gasteiger partial charge is 0.431 e. The standard InChI is InChI=1S/C16H19F3N4O/c1-10-7-12-13(9-22-3-5-23(6-4-22)11(2)24)14(16(17,18)19)21-15(12)20-8-10/h7-8H,3-6,9H2,1-2H3,(H,20,21). The Kier molecular flexibility index (Phi) is 4.25. The van der Waals surface area contributed by atoms with Gasteiger partial charge in [0.2, 0.25) is 5.91 Å². The molecule has 3 rings (SSSR count). The smallest absolute Gasteiger partial charge is 0.340 e. The van der Waals surface area contributed by atoms with Gasteiger partial charge in [0.15, 0.2) is 0 Å². The number of halogens is 3. The van der Waals surface area contributed by atoms with Gasteiger partial charge in [-0.1, -0.05) is 0 Å². The molecule has 0 aliphatic carbocycles. The Balaban J connectivity index is 1.90. The van der Waals surface area contributed by atoms with E-state index in [1.165, 1.54) is 6.92 Å². The molecule has 3 heterocycles. The highest BCUT2D eigenvalue weighted by Gasteiger charge is 2.37. The zero-order valence-corrected chi connectivity index (χ0v) is 13.6. The molecule has 1 saturated heterocycles. The van der Waals surface area contributed by atoms with Crippen LogP contribution in [0.3, 0.4) is 0 Å². The monoisotopic (exact) mass is 340 g/mol. The van der Waals surface area contributed by atoms with Crippen LogP contribution in [0.2, 0.25) is 0 Å². The zero-order chi connectivity index (χ0) is 17.5. The van der Waals surface area contributed by atoms with Gasteiger partial charge in [0, 0.05) is 56.8 Å². The normalized spacial score (nSPS) is 16.8. The molecule has 1 fully saturated rings. The number of hydrogen-bond acceptors (Lipinski definition) is 3. The Hall–Kier alpha value is -2.09. The summed E-state index contributed by atoms with van der Waals surface area (Å²) in [5, 5.41) is 0.510. The van der Waals surface area contributed by atoms with Crippen molar-refractivity contribution < 1.29 is 18.0 Å². The third-order valence-corrected chi connectivity index (χ3v) is 4.38. The first-order valence-electron chi connectivity index (χ1n) is 7.78. The molecule has 5 nitrogen and oxygen atoms in total. The molecule has 8 heteroatoms. The fraction of sp³-hybridized carbons (Fsp3) is 0.500. The first-order chi connectivity index (χ1) is 11.3. The van der Waals surface area contributed by atoms with E-state index in [9.17, 15) is 18.0 Å². The van der Waals surface area contributed by atoms with Crippen LogP contribution >= 0.6 is 0 Å². The van der Waals surface area contributed by atoms with Crippen LogP contribution in [0.15, 0.2) is 12.3 Å². The average molecular weight is 340 g/mol. The lowest BCUT2D eigenvalue weighted by atomic mass is 10.1. The molecule has 0 unspecified atom stereocenters. The van der Waals surface area contributed by atoms with Gasteiger partial charge in [0.05, 0.1) is 0 Å². The van der Waals surface area contributed by atoms with Gasteiger partial charge in [0.1, 0.15) is 11.3 Å². The van der Waals surface area contributed by atoms with Crippen LogP contribution in [0.1, 0.15) is 23.7 Å². The number of amides is 1. The molecule has 2 aromatic rings. The first kappa shape index (κ1) is 16.8. The number of aromatic amines is 1. The Morgan fingerprint density at radius 2 is 1.96 bits per heavy atom. The number of nitrogens with zero attached hydrogens (tertiary/aromatic N) is 3. The van der Waals surface area contributed by atoms with E-state index in [4.69, 9.17) is 0 Å². The minimum Gasteiger partial charge on any atom is -0.340 e. The summed E-state index contributed by atoms with van der Waals surface area (Å²) in [6, 6.07) is 1.73. The number of carbonyl (C=O) groups is 1. The highest BCUT2D eigenvalue weighted by molar-refractivity contribution is 5.82. The molecule has 1 amide bonds. The lowest BCUT2D eigenvalue weighted by Gasteiger charge is -2.34. The van der Waals surface area contributed by atoms with Crippen LogP contribution in [0.5, 0.6) is 0 Å². The second-order valence-electron chi connectivity index (χ2n) is 6.17. The van der Waals surface area contributed by atoms with E-state index in [-0.39, 0.29) is 23.7 Å². The van der Waals surface area contributed by atoms with Crippen molar-refractivity contribution in [3.8, 4) is 0 Å². The Bertz CT molecular complexity index is 761. The molecule has 0 atom stereocenters. The van der Waals surface area contributed by atoms with Gasteiger partial charge in [-0.15, -0.1) is 0 Å². The number of alkyl halides is 3. The number of carbonyl (C=O) groups excluding carboxylic acids is 1. The number of fused-ring (bicyclic) bond motifs is 1. The van der Waals surface area contributed by atoms with Crippen LogP contribution in [-0.4, -0.2) is 51.9 Å². The van der Waals surface area contributed by atoms with Crippen LogP contribution in [0.4, 0.5) is 13.2 Å². The molecule has 0 spiro atoms. The van der Waals surface area contributed by atoms with Gasteiger partial charge in [-0.25, -0.2) is 4.98 Å². The zero-order valence-electron chi connectivity index (χ0n) is 13.6. The molecule has 0 saturated carbocycles. The Morgan fingerprint density at radius 3 is 2.54 bits per heavy atom. The topological polar surface area (TPSA) is 52.2 Å². The van der Waals surface area contributed by atoms with Crippen molar-refractivity contribution in [3.05, 3.63) is 29.1 Å². The molecule has 0 bridgehead atoms. The molecular formula is C16H19F3N4O. The number of hydrogen-bond donors (Lipinski definition) is 1. The number of nitrogens with one attached hydrogen (secondary N) is 1. The van der Waals surface area contributed by atoms with Gasteiger partial charge in [-0.05, 0) is 18.6 Å². The summed E-state index contributed by atoms with van der Waals surface area (Å²) in [6.07, 6.45) is -2.90. The van der Waals surface area contributed by atoms with E-state index in [0.29, 0.717) is 31.6 Å². The maximum absolute atomic E-state index is 13.4. The minimum atomic E-state index is -4.45. The summed E-state index contributed by atoms with van der Waals surface area (Å²) >= 11 is 0. The lowest BCUT2D eigenvalue weighted by Crippen LogP contribution is -2.47. The van der Waals surface area contributed by atoms with Gasteiger partial charge in [-0.3, -0.25) is 9.69 Å². The summed E-state index contributed by atoms with van der Waals surface area (Å²) in [5.41, 5.74) is 0.567. The maximum Gasteiger partial charge on any atom is 0.431 e. The SMILES string of the molecule is CC(=O)N1CCN(Cc2c(C(F)(F)F)[nH]c3ncc(C)cc23)CC1. The third kappa shape index (κ3) is 3.24. The summed E-state index contributed by atoms with van der Waals surface area (Å²) in [7, 11) is 0. The molecule has 0 aromatic carbocycles. The van der Waals surface area contributed by atoms with Crippen LogP contribution < -0.4 is 0 Å². The predicted octanol–water partition coefficient (Wildman–Crippen LogP) is 2.55. The number of aryl methyl sites for hydroxylation is 1. The average Bonchev–Trinajstić information content (AvgIpc) is 2.86. The molecular weight excluding hydrogens is 321 g/mol. The fourth-order valence-corrected chi connectivity index (χ4v) is 3.08. The molecule has 1 N–H and O–H groups in total. The van der Waals surface area contributed by atoms with Crippen LogP contribution in [0, 0.1) is 6.92 Å². The van der Waals surface area contributed by atoms with E-state index >= 15 is 0 Å². The number of pyridine rings is 1. The number of rotatable bonds is 2. The predicted molar refractivity (Wildman–Crippen MR) is 83.4 cm³/mol. The fourth-order valence-electron chi connectivity index (χ4n) is 3.08. The molecule has 130 valence electrons. The quantitative estimate of drug-likeness (QED) is 0.914. The number of aromatic nitrogens is 2. The summed E-state index contributed by atoms with van der Waals surface area (Å²) in [5.74, 6) is -0.00227. The molecule has 2 aromatic heterocycles. The lowest BCUT2D eigenvalue weighted by molar-refractivity contribution is -0.141. The highest BCUT2D eigenvalue weighted by atomic mass is 19.4. The highest BCUT2D eigenvalue weighted by Crippen LogP contribution is 2.36. The first-order valence-corrected chi connectivity index (χ1v) is 7.78. The number of piperazine rings is 1. The molecule has 24 heavy (non-hydrogen) atoms. The van der Waals surface area contributed by atoms with E-state index in [1.807, 2.05) is 11.8 Å². The molecule has 1 aliphatic rings. The summed E-state index contributed by atoms with van der Waals surface area (Å²) in [6.45, 7) is 5.69. The van der Waals surface area contributed by atoms with E-state index in [0.717, 1.165) is 5.56 Å². The van der Waals surface area contributed by atoms with Crippen molar-refractivity contribution in [3.63, 3.8) is 0 Å². The Labute approximate surface area is 137 Å². The van der Waals surface area contributed by atoms with Gasteiger partial charge in [-0.2, -0.15) is 13.2 Å². The van der Waals surface area contributed by atoms with E-state index < -0.39 is 11.9 Å². The van der Waals surface area contributed by atoms with Crippen molar-refractivity contribution >= 4 is 16.9 Å². The Morgan fingerprint density at radius 1 is 1.29 bits per heavy atom. The number of H-pyrrole nitrogens is 1. The molecule has 1 aliphatic heterocycles. The van der Waals surface area contributed by atoms with Crippen LogP contribution in [-0.2, 0) is 17.5 Å². The third-order valence-electron chi connectivity index (χ3n) is 4.38. The van der Waals surface area contributed by atoms with Gasteiger partial charge in [0.25, 0.3) is 0 Å². The van der Waals surface area contributed by atoms with E-state index in [1.54, 1.807) is 17.2 Å². The van der Waals surface area contributed by atoms with Crippen molar-refractivity contribution in [1.29, 1.82) is 0 Å². The summed E-state index contributed by atoms with van der Waals surface area (Å²) in [4.78, 5) is 21.5. The van der Waals surface area contributed by atoms with Gasteiger partial charge < -0.3 is 9.88 Å². The second kappa shape index (κ2) is 6.08. The van der Waals surface area contributed by atoms with E-state index in [2.05, 4.69) is 9.97 Å². The maximum atomic E-state index is 13.4. The van der Waals surface area contributed by atoms with Crippen molar-refractivity contribution in [2.45, 2.75) is 26.6 Å². The molecule has 0 radical (unpaired) electrons. The summed E-state index contributed by atoms with van der Waals surface area (Å²) < 4.78 is 40.1.